The van der Waals surface area contributed by atoms with Gasteiger partial charge in [0.1, 0.15) is 0 Å². The number of benzene rings is 1. The Morgan fingerprint density at radius 3 is 2.75 bits per heavy atom. The van der Waals surface area contributed by atoms with Gasteiger partial charge in [0.15, 0.2) is 11.5 Å². The van der Waals surface area contributed by atoms with Crippen molar-refractivity contribution in [3.8, 4) is 11.6 Å². The lowest BCUT2D eigenvalue weighted by Gasteiger charge is -2.07. The Balaban J connectivity index is 2.44. The van der Waals surface area contributed by atoms with Crippen LogP contribution < -0.4 is 10.5 Å². The van der Waals surface area contributed by atoms with E-state index in [1.807, 2.05) is 0 Å². The van der Waals surface area contributed by atoms with Gasteiger partial charge in [0, 0.05) is 18.5 Å². The Bertz CT molecular complexity index is 673. The number of nitro groups is 1. The topological polar surface area (TPSA) is 137 Å². The number of nitro benzene ring substituents is 1. The zero-order valence-corrected chi connectivity index (χ0v) is 10.0. The van der Waals surface area contributed by atoms with Gasteiger partial charge in [-0.25, -0.2) is 9.97 Å². The normalized spacial score (nSPS) is 11.1. The first kappa shape index (κ1) is 13.2. The van der Waals surface area contributed by atoms with E-state index in [1.165, 1.54) is 30.6 Å². The number of ether oxygens (including phenoxy) is 1. The molecule has 0 unspecified atom stereocenters. The Hall–Kier alpha value is -3.23. The highest BCUT2D eigenvalue weighted by atomic mass is 16.6. The Morgan fingerprint density at radius 2 is 2.05 bits per heavy atom. The van der Waals surface area contributed by atoms with E-state index < -0.39 is 4.92 Å². The summed E-state index contributed by atoms with van der Waals surface area (Å²) in [6.07, 6.45) is 2.64. The summed E-state index contributed by atoms with van der Waals surface area (Å²) in [5.74, 6) is -0.436. The van der Waals surface area contributed by atoms with E-state index in [9.17, 15) is 10.1 Å². The lowest BCUT2D eigenvalue weighted by molar-refractivity contribution is -0.385. The van der Waals surface area contributed by atoms with Crippen LogP contribution in [0.3, 0.4) is 0 Å². The average Bonchev–Trinajstić information content (AvgIpc) is 2.47. The minimum absolute atomic E-state index is 0.0202. The second-order valence-corrected chi connectivity index (χ2v) is 3.52. The molecule has 1 heterocycles. The summed E-state index contributed by atoms with van der Waals surface area (Å²) in [4.78, 5) is 18.0. The van der Waals surface area contributed by atoms with Crippen LogP contribution in [0.5, 0.6) is 11.6 Å². The van der Waals surface area contributed by atoms with Gasteiger partial charge in [-0.05, 0) is 6.07 Å². The smallest absolute Gasteiger partial charge is 0.311 e. The fourth-order valence-electron chi connectivity index (χ4n) is 1.42. The Morgan fingerprint density at radius 1 is 1.35 bits per heavy atom. The van der Waals surface area contributed by atoms with Crippen molar-refractivity contribution in [2.75, 3.05) is 0 Å². The van der Waals surface area contributed by atoms with Gasteiger partial charge in [-0.15, -0.1) is 0 Å². The van der Waals surface area contributed by atoms with Crippen molar-refractivity contribution in [2.45, 2.75) is 0 Å². The molecule has 2 aromatic rings. The molecule has 102 valence electrons. The molecule has 0 saturated heterocycles. The minimum Gasteiger partial charge on any atom is -0.430 e. The van der Waals surface area contributed by atoms with Gasteiger partial charge >= 0.3 is 5.69 Å². The third kappa shape index (κ3) is 2.61. The zero-order chi connectivity index (χ0) is 14.5. The van der Waals surface area contributed by atoms with Crippen LogP contribution in [-0.4, -0.2) is 25.9 Å². The first-order chi connectivity index (χ1) is 9.63. The Labute approximate surface area is 112 Å². The maximum atomic E-state index is 10.9. The molecule has 20 heavy (non-hydrogen) atoms. The number of nitrogens with zero attached hydrogens (tertiary/aromatic N) is 4. The maximum absolute atomic E-state index is 10.9. The van der Waals surface area contributed by atoms with Crippen molar-refractivity contribution < 1.29 is 14.9 Å². The predicted molar refractivity (Wildman–Crippen MR) is 67.7 cm³/mol. The molecule has 0 saturated carbocycles. The molecule has 0 aliphatic carbocycles. The highest BCUT2D eigenvalue weighted by molar-refractivity contribution is 5.97. The first-order valence-electron chi connectivity index (χ1n) is 5.33. The number of aromatic nitrogens is 2. The molecule has 0 spiro atoms. The van der Waals surface area contributed by atoms with E-state index in [4.69, 9.17) is 15.7 Å². The van der Waals surface area contributed by atoms with E-state index in [2.05, 4.69) is 15.1 Å². The largest absolute Gasteiger partial charge is 0.430 e. The summed E-state index contributed by atoms with van der Waals surface area (Å²) in [5.41, 5.74) is 5.18. The minimum atomic E-state index is -0.588. The molecule has 0 fully saturated rings. The van der Waals surface area contributed by atoms with Crippen molar-refractivity contribution >= 4 is 11.5 Å². The number of amidine groups is 1. The molecule has 0 amide bonds. The van der Waals surface area contributed by atoms with Crippen LogP contribution >= 0.6 is 0 Å². The van der Waals surface area contributed by atoms with Crippen LogP contribution in [-0.2, 0) is 0 Å². The van der Waals surface area contributed by atoms with Crippen molar-refractivity contribution in [2.24, 2.45) is 10.9 Å². The SMILES string of the molecule is NC(=NO)c1nccnc1Oc1ccccc1[N+](=O)[O-]. The van der Waals surface area contributed by atoms with E-state index in [1.54, 1.807) is 6.07 Å². The number of oxime groups is 1. The van der Waals surface area contributed by atoms with Gasteiger partial charge in [0.25, 0.3) is 0 Å². The highest BCUT2D eigenvalue weighted by Gasteiger charge is 2.18. The van der Waals surface area contributed by atoms with Crippen molar-refractivity contribution in [1.82, 2.24) is 9.97 Å². The van der Waals surface area contributed by atoms with Gasteiger partial charge in [-0.1, -0.05) is 17.3 Å². The molecule has 1 aromatic carbocycles. The molecule has 0 bridgehead atoms. The molecule has 0 atom stereocenters. The maximum Gasteiger partial charge on any atom is 0.311 e. The highest BCUT2D eigenvalue weighted by Crippen LogP contribution is 2.30. The number of hydrogen-bond donors (Lipinski definition) is 2. The molecule has 3 N–H and O–H groups in total. The van der Waals surface area contributed by atoms with E-state index in [0.29, 0.717) is 0 Å². The summed E-state index contributed by atoms with van der Waals surface area (Å²) in [6, 6.07) is 5.77. The van der Waals surface area contributed by atoms with Crippen LogP contribution in [0.1, 0.15) is 5.69 Å². The predicted octanol–water partition coefficient (Wildman–Crippen LogP) is 1.27. The van der Waals surface area contributed by atoms with Crippen LogP contribution in [0.25, 0.3) is 0 Å². The quantitative estimate of drug-likeness (QED) is 0.282. The third-order valence-corrected chi connectivity index (χ3v) is 2.28. The average molecular weight is 275 g/mol. The number of nitrogens with two attached hydrogens (primary N) is 1. The van der Waals surface area contributed by atoms with Gasteiger partial charge in [0.05, 0.1) is 4.92 Å². The van der Waals surface area contributed by atoms with Gasteiger partial charge in [-0.2, -0.15) is 0 Å². The van der Waals surface area contributed by atoms with Crippen molar-refractivity contribution in [3.63, 3.8) is 0 Å². The van der Waals surface area contributed by atoms with E-state index >= 15 is 0 Å². The lowest BCUT2D eigenvalue weighted by atomic mass is 10.3. The van der Waals surface area contributed by atoms with Gasteiger partial charge < -0.3 is 15.7 Å². The number of rotatable bonds is 4. The van der Waals surface area contributed by atoms with Crippen LogP contribution in [0.15, 0.2) is 41.8 Å². The molecule has 0 radical (unpaired) electrons. The van der Waals surface area contributed by atoms with E-state index in [0.717, 1.165) is 0 Å². The zero-order valence-electron chi connectivity index (χ0n) is 10.0. The van der Waals surface area contributed by atoms with Crippen molar-refractivity contribution in [3.05, 3.63) is 52.5 Å². The molecule has 9 nitrogen and oxygen atoms in total. The first-order valence-corrected chi connectivity index (χ1v) is 5.33. The lowest BCUT2D eigenvalue weighted by Crippen LogP contribution is -2.16. The van der Waals surface area contributed by atoms with Gasteiger partial charge in [-0.3, -0.25) is 10.1 Å². The fourth-order valence-corrected chi connectivity index (χ4v) is 1.42. The summed E-state index contributed by atoms with van der Waals surface area (Å²) in [6.45, 7) is 0. The fraction of sp³-hybridized carbons (Fsp3) is 0. The molecular weight excluding hydrogens is 266 g/mol. The van der Waals surface area contributed by atoms with Crippen LogP contribution in [0, 0.1) is 10.1 Å². The molecular formula is C11H9N5O4. The monoisotopic (exact) mass is 275 g/mol. The molecule has 1 aromatic heterocycles. The van der Waals surface area contributed by atoms with Crippen molar-refractivity contribution in [1.29, 1.82) is 0 Å². The third-order valence-electron chi connectivity index (χ3n) is 2.28. The number of hydrogen-bond acceptors (Lipinski definition) is 7. The second-order valence-electron chi connectivity index (χ2n) is 3.52. The molecule has 0 aliphatic rings. The standard InChI is InChI=1S/C11H9N5O4/c12-10(15-17)9-11(14-6-5-13-9)20-8-4-2-1-3-7(8)16(18)19/h1-6,17H,(H2,12,15). The summed E-state index contributed by atoms with van der Waals surface area (Å²) in [7, 11) is 0. The molecule has 0 aliphatic heterocycles. The molecule has 9 heteroatoms. The second kappa shape index (κ2) is 5.61. The van der Waals surface area contributed by atoms with E-state index in [-0.39, 0.29) is 28.8 Å². The van der Waals surface area contributed by atoms with Crippen LogP contribution in [0.4, 0.5) is 5.69 Å². The molecule has 2 rings (SSSR count). The number of para-hydroxylation sites is 2. The Kier molecular flexibility index (Phi) is 3.70. The summed E-state index contributed by atoms with van der Waals surface area (Å²) >= 11 is 0. The summed E-state index contributed by atoms with van der Waals surface area (Å²) < 4.78 is 5.34. The summed E-state index contributed by atoms with van der Waals surface area (Å²) in [5, 5.41) is 22.3. The van der Waals surface area contributed by atoms with Crippen LogP contribution in [0.2, 0.25) is 0 Å². The van der Waals surface area contributed by atoms with Gasteiger partial charge in [0.2, 0.25) is 11.6 Å².